The summed E-state index contributed by atoms with van der Waals surface area (Å²) in [6.07, 6.45) is 2.86. The van der Waals surface area contributed by atoms with Gasteiger partial charge >= 0.3 is 0 Å². The molecule has 0 aliphatic carbocycles. The van der Waals surface area contributed by atoms with Gasteiger partial charge in [0.25, 0.3) is 0 Å². The standard InChI is InChI=1S/C29H28FN7O/c1-18-7-8-19(12-25(38)20-5-4-6-21(13-20)29(2,3)16-31)11-23(18)35-27-26-24(33-17-34-27)14-32-28(36-26)37-10-9-22(30)15-37/h4-8,11,13-14,17,22H,9-10,12,15H2,1-3H3,(H,33,34,35)/t22-/m1/s1. The van der Waals surface area contributed by atoms with Crippen LogP contribution in [0.1, 0.15) is 47.3 Å². The van der Waals surface area contributed by atoms with Crippen molar-refractivity contribution in [2.75, 3.05) is 23.3 Å². The first-order valence-electron chi connectivity index (χ1n) is 12.5. The van der Waals surface area contributed by atoms with Crippen molar-refractivity contribution in [1.29, 1.82) is 5.26 Å². The third-order valence-electron chi connectivity index (χ3n) is 6.88. The number of benzene rings is 2. The summed E-state index contributed by atoms with van der Waals surface area (Å²) in [4.78, 5) is 32.6. The molecule has 1 aliphatic heterocycles. The molecule has 9 heteroatoms. The summed E-state index contributed by atoms with van der Waals surface area (Å²) in [5.41, 5.74) is 4.43. The average Bonchev–Trinajstić information content (AvgIpc) is 3.36. The molecule has 1 aliphatic rings. The molecule has 4 aromatic rings. The highest BCUT2D eigenvalue weighted by atomic mass is 19.1. The molecule has 5 rings (SSSR count). The molecule has 0 saturated carbocycles. The molecule has 0 bridgehead atoms. The molecule has 0 unspecified atom stereocenters. The largest absolute Gasteiger partial charge is 0.338 e. The summed E-state index contributed by atoms with van der Waals surface area (Å²) in [6.45, 7) is 6.48. The number of nitrogens with one attached hydrogen (secondary N) is 1. The molecule has 0 amide bonds. The van der Waals surface area contributed by atoms with Crippen molar-refractivity contribution in [3.05, 3.63) is 77.2 Å². The van der Waals surface area contributed by atoms with Crippen LogP contribution >= 0.6 is 0 Å². The van der Waals surface area contributed by atoms with Crippen molar-refractivity contribution in [3.63, 3.8) is 0 Å². The van der Waals surface area contributed by atoms with Crippen molar-refractivity contribution in [2.24, 2.45) is 0 Å². The van der Waals surface area contributed by atoms with Gasteiger partial charge < -0.3 is 10.2 Å². The second-order valence-corrected chi connectivity index (χ2v) is 10.1. The fourth-order valence-electron chi connectivity index (χ4n) is 4.46. The lowest BCUT2D eigenvalue weighted by molar-refractivity contribution is 0.0993. The Labute approximate surface area is 220 Å². The van der Waals surface area contributed by atoms with E-state index in [0.717, 1.165) is 22.4 Å². The molecule has 38 heavy (non-hydrogen) atoms. The number of alkyl halides is 1. The number of carbonyl (C=O) groups is 1. The molecule has 1 atom stereocenters. The van der Waals surface area contributed by atoms with E-state index in [9.17, 15) is 14.4 Å². The number of aromatic nitrogens is 4. The highest BCUT2D eigenvalue weighted by Crippen LogP contribution is 2.28. The molecule has 3 heterocycles. The van der Waals surface area contributed by atoms with Crippen LogP contribution in [0.25, 0.3) is 11.0 Å². The number of halogens is 1. The summed E-state index contributed by atoms with van der Waals surface area (Å²) in [6, 6.07) is 15.4. The highest BCUT2D eigenvalue weighted by Gasteiger charge is 2.24. The quantitative estimate of drug-likeness (QED) is 0.337. The van der Waals surface area contributed by atoms with Gasteiger partial charge in [0, 0.05) is 24.2 Å². The van der Waals surface area contributed by atoms with Crippen LogP contribution in [0.5, 0.6) is 0 Å². The number of hydrogen-bond acceptors (Lipinski definition) is 8. The van der Waals surface area contributed by atoms with E-state index in [1.54, 1.807) is 18.3 Å². The minimum Gasteiger partial charge on any atom is -0.338 e. The summed E-state index contributed by atoms with van der Waals surface area (Å²) in [7, 11) is 0. The predicted molar refractivity (Wildman–Crippen MR) is 144 cm³/mol. The van der Waals surface area contributed by atoms with E-state index >= 15 is 0 Å². The van der Waals surface area contributed by atoms with Crippen LogP contribution in [0.15, 0.2) is 55.0 Å². The van der Waals surface area contributed by atoms with Crippen LogP contribution in [0, 0.1) is 18.3 Å². The van der Waals surface area contributed by atoms with Crippen LogP contribution in [0.3, 0.4) is 0 Å². The van der Waals surface area contributed by atoms with E-state index in [1.165, 1.54) is 6.33 Å². The molecular formula is C29H28FN7O. The number of anilines is 3. The van der Waals surface area contributed by atoms with Crippen molar-refractivity contribution in [2.45, 2.75) is 45.2 Å². The van der Waals surface area contributed by atoms with Crippen LogP contribution in [0.2, 0.25) is 0 Å². The van der Waals surface area contributed by atoms with Gasteiger partial charge in [0.15, 0.2) is 11.6 Å². The van der Waals surface area contributed by atoms with Crippen molar-refractivity contribution in [3.8, 4) is 6.07 Å². The number of fused-ring (bicyclic) bond motifs is 1. The Hall–Kier alpha value is -4.45. The minimum atomic E-state index is -0.882. The lowest BCUT2D eigenvalue weighted by atomic mass is 9.85. The molecule has 192 valence electrons. The average molecular weight is 510 g/mol. The fraction of sp³-hybridized carbons (Fsp3) is 0.310. The Morgan fingerprint density at radius 3 is 2.82 bits per heavy atom. The van der Waals surface area contributed by atoms with Gasteiger partial charge in [-0.1, -0.05) is 30.3 Å². The maximum absolute atomic E-state index is 13.7. The van der Waals surface area contributed by atoms with E-state index in [1.807, 2.05) is 56.0 Å². The van der Waals surface area contributed by atoms with Gasteiger partial charge in [0.2, 0.25) is 5.95 Å². The van der Waals surface area contributed by atoms with Gasteiger partial charge in [-0.05, 0) is 56.0 Å². The van der Waals surface area contributed by atoms with Crippen molar-refractivity contribution >= 4 is 34.3 Å². The highest BCUT2D eigenvalue weighted by molar-refractivity contribution is 5.98. The van der Waals surface area contributed by atoms with Gasteiger partial charge in [0.05, 0.1) is 24.2 Å². The Balaban J connectivity index is 1.40. The number of hydrogen-bond donors (Lipinski definition) is 1. The number of nitriles is 1. The number of Topliss-reactive ketones (excluding diaryl/α,β-unsaturated/α-hetero) is 1. The zero-order valence-electron chi connectivity index (χ0n) is 21.6. The number of carbonyl (C=O) groups excluding carboxylic acids is 1. The maximum atomic E-state index is 13.7. The fourth-order valence-corrected chi connectivity index (χ4v) is 4.46. The number of nitrogens with zero attached hydrogens (tertiary/aromatic N) is 6. The minimum absolute atomic E-state index is 0.0305. The van der Waals surface area contributed by atoms with Gasteiger partial charge in [-0.15, -0.1) is 0 Å². The number of ketones is 1. The van der Waals surface area contributed by atoms with Crippen LogP contribution in [-0.2, 0) is 11.8 Å². The molecular weight excluding hydrogens is 481 g/mol. The molecule has 8 nitrogen and oxygen atoms in total. The second-order valence-electron chi connectivity index (χ2n) is 10.1. The smallest absolute Gasteiger partial charge is 0.226 e. The van der Waals surface area contributed by atoms with E-state index in [-0.39, 0.29) is 18.7 Å². The van der Waals surface area contributed by atoms with E-state index in [2.05, 4.69) is 31.3 Å². The van der Waals surface area contributed by atoms with E-state index < -0.39 is 11.6 Å². The van der Waals surface area contributed by atoms with Crippen molar-refractivity contribution in [1.82, 2.24) is 19.9 Å². The zero-order chi connectivity index (χ0) is 26.9. The topological polar surface area (TPSA) is 108 Å². The first-order valence-corrected chi connectivity index (χ1v) is 12.5. The first kappa shape index (κ1) is 25.2. The number of aryl methyl sites for hydroxylation is 1. The Bertz CT molecular complexity index is 1560. The first-order chi connectivity index (χ1) is 18.2. The molecule has 0 radical (unpaired) electrons. The second kappa shape index (κ2) is 10.1. The van der Waals surface area contributed by atoms with Crippen LogP contribution in [0.4, 0.5) is 21.8 Å². The Morgan fingerprint density at radius 2 is 2.05 bits per heavy atom. The summed E-state index contributed by atoms with van der Waals surface area (Å²) >= 11 is 0. The van der Waals surface area contributed by atoms with Crippen LogP contribution in [-0.4, -0.2) is 45.0 Å². The molecule has 1 fully saturated rings. The third kappa shape index (κ3) is 5.16. The van der Waals surface area contributed by atoms with Crippen molar-refractivity contribution < 1.29 is 9.18 Å². The van der Waals surface area contributed by atoms with E-state index in [0.29, 0.717) is 41.3 Å². The Morgan fingerprint density at radius 1 is 1.21 bits per heavy atom. The lowest BCUT2D eigenvalue weighted by Crippen LogP contribution is -2.22. The monoisotopic (exact) mass is 509 g/mol. The van der Waals surface area contributed by atoms with Gasteiger partial charge in [-0.25, -0.2) is 24.3 Å². The molecule has 0 spiro atoms. The van der Waals surface area contributed by atoms with Gasteiger partial charge in [0.1, 0.15) is 23.5 Å². The molecule has 2 aromatic carbocycles. The van der Waals surface area contributed by atoms with E-state index in [4.69, 9.17) is 0 Å². The Kier molecular flexibility index (Phi) is 6.72. The SMILES string of the molecule is Cc1ccc(CC(=O)c2cccc(C(C)(C)C#N)c2)cc1Nc1ncnc2cnc(N3CC[C@@H](F)C3)nc12. The van der Waals surface area contributed by atoms with Crippen LogP contribution < -0.4 is 10.2 Å². The zero-order valence-corrected chi connectivity index (χ0v) is 21.6. The summed E-state index contributed by atoms with van der Waals surface area (Å²) < 4.78 is 13.7. The maximum Gasteiger partial charge on any atom is 0.226 e. The molecule has 1 saturated heterocycles. The third-order valence-corrected chi connectivity index (χ3v) is 6.88. The summed E-state index contributed by atoms with van der Waals surface area (Å²) in [5.74, 6) is 0.929. The number of rotatable bonds is 7. The normalized spacial score (nSPS) is 15.4. The van der Waals surface area contributed by atoms with Gasteiger partial charge in [-0.2, -0.15) is 5.26 Å². The summed E-state index contributed by atoms with van der Waals surface area (Å²) in [5, 5.41) is 12.8. The molecule has 1 N–H and O–H groups in total. The lowest BCUT2D eigenvalue weighted by Gasteiger charge is -2.17. The predicted octanol–water partition coefficient (Wildman–Crippen LogP) is 5.25. The molecule has 2 aromatic heterocycles. The van der Waals surface area contributed by atoms with Gasteiger partial charge in [-0.3, -0.25) is 4.79 Å².